The van der Waals surface area contributed by atoms with Crippen molar-refractivity contribution in [1.29, 1.82) is 0 Å². The van der Waals surface area contributed by atoms with Crippen molar-refractivity contribution in [2.75, 3.05) is 0 Å². The molecule has 0 amide bonds. The van der Waals surface area contributed by atoms with Crippen molar-refractivity contribution < 1.29 is 9.59 Å². The van der Waals surface area contributed by atoms with E-state index >= 15 is 0 Å². The van der Waals surface area contributed by atoms with Gasteiger partial charge in [-0.1, -0.05) is 87.3 Å². The minimum atomic E-state index is 0.250. The molecule has 0 saturated carbocycles. The van der Waals surface area contributed by atoms with Gasteiger partial charge in [0.1, 0.15) is 10.4 Å². The molecule has 0 saturated heterocycles. The van der Waals surface area contributed by atoms with Gasteiger partial charge in [-0.25, -0.2) is 0 Å². The predicted molar refractivity (Wildman–Crippen MR) is 133 cm³/mol. The molecule has 0 spiro atoms. The maximum absolute atomic E-state index is 4.57. The smallest absolute Gasteiger partial charge is 0.185 e. The number of tetrazole rings is 2. The lowest BCUT2D eigenvalue weighted by atomic mass is 10.3. The number of nitrogens with zero attached hydrogens (tertiary/aromatic N) is 11. The third-order valence-electron chi connectivity index (χ3n) is 5.34. The summed E-state index contributed by atoms with van der Waals surface area (Å²) < 4.78 is 3.19. The Morgan fingerprint density at radius 3 is 1.57 bits per heavy atom. The average Bonchev–Trinajstić information content (AvgIpc) is 3.60. The molecule has 178 valence electrons. The van der Waals surface area contributed by atoms with Crippen LogP contribution in [0.2, 0.25) is 0 Å². The third-order valence-corrected chi connectivity index (χ3v) is 5.34. The summed E-state index contributed by atoms with van der Waals surface area (Å²) in [6.07, 6.45) is 0. The Bertz CT molecular complexity index is 1630. The second kappa shape index (κ2) is 9.96. The lowest BCUT2D eigenvalue weighted by Gasteiger charge is -1.97. The van der Waals surface area contributed by atoms with Gasteiger partial charge in [0.05, 0.1) is 0 Å². The largest absolute Gasteiger partial charge is 0.351 e. The van der Waals surface area contributed by atoms with Gasteiger partial charge in [0.15, 0.2) is 22.7 Å². The van der Waals surface area contributed by atoms with Crippen molar-refractivity contribution in [1.82, 2.24) is 30.0 Å². The quantitative estimate of drug-likeness (QED) is 0.192. The number of benzene rings is 4. The molecule has 6 rings (SSSR count). The molecule has 0 fully saturated rings. The molecule has 0 atom stereocenters. The molecule has 0 bridgehead atoms. The maximum atomic E-state index is 4.57. The van der Waals surface area contributed by atoms with Crippen LogP contribution < -0.4 is 9.59 Å². The van der Waals surface area contributed by atoms with Crippen LogP contribution in [0.4, 0.5) is 11.9 Å². The highest BCUT2D eigenvalue weighted by molar-refractivity contribution is 5.41. The molecule has 2 aromatic heterocycles. The number of para-hydroxylation sites is 4. The highest BCUT2D eigenvalue weighted by Crippen LogP contribution is 2.21. The molecule has 4 aromatic carbocycles. The van der Waals surface area contributed by atoms with Gasteiger partial charge in [0.2, 0.25) is 0 Å². The minimum absolute atomic E-state index is 0.250. The van der Waals surface area contributed by atoms with Crippen molar-refractivity contribution >= 4 is 11.9 Å². The van der Waals surface area contributed by atoms with Crippen molar-refractivity contribution in [2.24, 2.45) is 10.3 Å². The van der Waals surface area contributed by atoms with E-state index in [9.17, 15) is 0 Å². The number of hydrogen-bond donors (Lipinski definition) is 0. The van der Waals surface area contributed by atoms with Crippen LogP contribution in [0.1, 0.15) is 0 Å². The summed E-state index contributed by atoms with van der Waals surface area (Å²) >= 11 is 0. The van der Waals surface area contributed by atoms with E-state index in [1.165, 1.54) is 9.59 Å². The van der Waals surface area contributed by atoms with Crippen LogP contribution in [0.25, 0.3) is 28.2 Å². The van der Waals surface area contributed by atoms with Gasteiger partial charge in [-0.2, -0.15) is 10.5 Å². The second-order valence-corrected chi connectivity index (χ2v) is 7.81. The van der Waals surface area contributed by atoms with Crippen molar-refractivity contribution in [2.45, 2.75) is 0 Å². The molecular formula is C26H20N11+. The molecule has 0 N–H and O–H groups in total. The summed E-state index contributed by atoms with van der Waals surface area (Å²) in [5.74, 6) is 0.501. The zero-order valence-corrected chi connectivity index (χ0v) is 19.5. The fraction of sp³-hybridized carbons (Fsp3) is 0. The Morgan fingerprint density at radius 2 is 1.00 bits per heavy atom. The van der Waals surface area contributed by atoms with Crippen LogP contribution in [0.15, 0.2) is 132 Å². The molecule has 0 unspecified atom stereocenters. The molecule has 37 heavy (non-hydrogen) atoms. The summed E-state index contributed by atoms with van der Waals surface area (Å²) in [6.45, 7) is 0. The number of aromatic nitrogens is 8. The lowest BCUT2D eigenvalue weighted by molar-refractivity contribution is -0.717. The van der Waals surface area contributed by atoms with Crippen LogP contribution in [0.5, 0.6) is 0 Å². The topological polar surface area (TPSA) is 108 Å². The monoisotopic (exact) mass is 486 g/mol. The summed E-state index contributed by atoms with van der Waals surface area (Å²) in [5.41, 5.74) is 7.43. The number of rotatable bonds is 7. The fourth-order valence-electron chi connectivity index (χ4n) is 3.58. The molecule has 0 aliphatic heterocycles. The summed E-state index contributed by atoms with van der Waals surface area (Å²) in [7, 11) is 0. The van der Waals surface area contributed by atoms with E-state index in [2.05, 4.69) is 36.4 Å². The SMILES string of the molecule is c1ccc(-n2n[n+](-c3ccccc3)nc2/N=N\[N-]c2n[n+](-c3ccccc3)nn2-c2ccccc2)cc1. The van der Waals surface area contributed by atoms with E-state index in [1.807, 2.05) is 121 Å². The van der Waals surface area contributed by atoms with E-state index in [1.54, 1.807) is 9.36 Å². The predicted octanol–water partition coefficient (Wildman–Crippen LogP) is 4.11. The Kier molecular flexibility index (Phi) is 5.90. The summed E-state index contributed by atoms with van der Waals surface area (Å²) in [4.78, 5) is 2.99. The van der Waals surface area contributed by atoms with Crippen LogP contribution in [0.3, 0.4) is 0 Å². The Hall–Kier alpha value is -5.58. The first-order chi connectivity index (χ1) is 18.3. The summed E-state index contributed by atoms with van der Waals surface area (Å²) in [6, 6.07) is 38.3. The Morgan fingerprint density at radius 1 is 0.541 bits per heavy atom. The molecule has 11 nitrogen and oxygen atoms in total. The van der Waals surface area contributed by atoms with Gasteiger partial charge in [-0.15, -0.1) is 5.22 Å². The van der Waals surface area contributed by atoms with Crippen LogP contribution in [-0.2, 0) is 0 Å². The fourth-order valence-corrected chi connectivity index (χ4v) is 3.58. The van der Waals surface area contributed by atoms with E-state index in [4.69, 9.17) is 0 Å². The first-order valence-corrected chi connectivity index (χ1v) is 11.5. The van der Waals surface area contributed by atoms with E-state index in [-0.39, 0.29) is 11.9 Å². The lowest BCUT2D eigenvalue weighted by Crippen LogP contribution is -2.36. The van der Waals surface area contributed by atoms with Gasteiger partial charge in [-0.05, 0) is 53.3 Å². The van der Waals surface area contributed by atoms with Gasteiger partial charge in [-0.3, -0.25) is 0 Å². The average molecular weight is 487 g/mol. The summed E-state index contributed by atoms with van der Waals surface area (Å²) in [5, 5.41) is 26.5. The first kappa shape index (κ1) is 21.9. The van der Waals surface area contributed by atoms with Crippen LogP contribution >= 0.6 is 0 Å². The zero-order valence-electron chi connectivity index (χ0n) is 19.5. The molecule has 0 radical (unpaired) electrons. The van der Waals surface area contributed by atoms with Gasteiger partial charge in [0.25, 0.3) is 5.95 Å². The number of hydrogen-bond acceptors (Lipinski definition) is 6. The van der Waals surface area contributed by atoms with Crippen molar-refractivity contribution in [3.63, 3.8) is 0 Å². The minimum Gasteiger partial charge on any atom is -0.185 e. The Balaban J connectivity index is 1.36. The second-order valence-electron chi connectivity index (χ2n) is 7.81. The molecule has 0 aliphatic rings. The highest BCUT2D eigenvalue weighted by Gasteiger charge is 2.21. The van der Waals surface area contributed by atoms with Crippen LogP contribution in [-0.4, -0.2) is 30.0 Å². The van der Waals surface area contributed by atoms with Crippen molar-refractivity contribution in [3.05, 3.63) is 127 Å². The standard InChI is InChI=1S/C26H20N11/c1-5-13-21(14-6-1)34-25(29-36(32-34)23-17-9-3-10-18-23)27-31-28-26-30-37(24-19-11-4-12-20-24)33-35(26)22-15-7-2-8-16-22/h1-20H/q+1. The van der Waals surface area contributed by atoms with E-state index in [0.29, 0.717) is 0 Å². The maximum Gasteiger partial charge on any atom is 0.351 e. The molecular weight excluding hydrogens is 466 g/mol. The normalized spacial score (nSPS) is 11.1. The van der Waals surface area contributed by atoms with E-state index in [0.717, 1.165) is 22.7 Å². The third kappa shape index (κ3) is 4.68. The van der Waals surface area contributed by atoms with Crippen LogP contribution in [0, 0.1) is 0 Å². The molecule has 11 heteroatoms. The highest BCUT2D eigenvalue weighted by atomic mass is 15.7. The molecule has 2 heterocycles. The molecule has 6 aromatic rings. The Labute approximate surface area is 211 Å². The van der Waals surface area contributed by atoms with Gasteiger partial charge in [0, 0.05) is 9.90 Å². The van der Waals surface area contributed by atoms with Crippen molar-refractivity contribution in [3.8, 4) is 22.7 Å². The van der Waals surface area contributed by atoms with Gasteiger partial charge >= 0.3 is 5.95 Å². The zero-order chi connectivity index (χ0) is 24.9. The van der Waals surface area contributed by atoms with E-state index < -0.39 is 0 Å². The van der Waals surface area contributed by atoms with Gasteiger partial charge < -0.3 is 0 Å². The molecule has 0 aliphatic carbocycles. The first-order valence-electron chi connectivity index (χ1n) is 11.5.